The van der Waals surface area contributed by atoms with E-state index in [2.05, 4.69) is 15.6 Å². The van der Waals surface area contributed by atoms with Gasteiger partial charge in [-0.25, -0.2) is 4.68 Å². The first-order chi connectivity index (χ1) is 13.5. The molecule has 3 rings (SSSR count). The van der Waals surface area contributed by atoms with Gasteiger partial charge in [0.15, 0.2) is 6.61 Å². The molecule has 3 aromatic rings. The van der Waals surface area contributed by atoms with Gasteiger partial charge in [-0.1, -0.05) is 52.6 Å². The van der Waals surface area contributed by atoms with Gasteiger partial charge in [-0.3, -0.25) is 4.79 Å². The van der Waals surface area contributed by atoms with Crippen LogP contribution in [-0.2, 0) is 9.63 Å². The molecule has 0 saturated heterocycles. The van der Waals surface area contributed by atoms with Crippen molar-refractivity contribution < 1.29 is 9.63 Å². The van der Waals surface area contributed by atoms with E-state index < -0.39 is 0 Å². The number of hydrogen-bond acceptors (Lipinski definition) is 4. The summed E-state index contributed by atoms with van der Waals surface area (Å²) in [5.74, 6) is -0.342. The van der Waals surface area contributed by atoms with Crippen molar-refractivity contribution in [3.8, 4) is 5.69 Å². The maximum Gasteiger partial charge on any atom is 0.265 e. The lowest BCUT2D eigenvalue weighted by Gasteiger charge is -2.07. The zero-order valence-corrected chi connectivity index (χ0v) is 16.8. The predicted octanol–water partition coefficient (Wildman–Crippen LogP) is 4.79. The molecule has 144 valence electrons. The number of benzene rings is 2. The zero-order valence-electron chi connectivity index (χ0n) is 15.3. The van der Waals surface area contributed by atoms with Crippen LogP contribution in [0.25, 0.3) is 5.69 Å². The molecular weight excluding hydrogens is 399 g/mol. The number of anilines is 1. The molecule has 0 atom stereocenters. The molecule has 0 unspecified atom stereocenters. The van der Waals surface area contributed by atoms with Crippen LogP contribution < -0.4 is 5.32 Å². The highest BCUT2D eigenvalue weighted by molar-refractivity contribution is 6.32. The third kappa shape index (κ3) is 4.71. The first kappa shape index (κ1) is 19.9. The Hall–Kier alpha value is -2.83. The predicted molar refractivity (Wildman–Crippen MR) is 112 cm³/mol. The van der Waals surface area contributed by atoms with Gasteiger partial charge in [0.25, 0.3) is 5.91 Å². The molecule has 8 heteroatoms. The van der Waals surface area contributed by atoms with E-state index >= 15 is 0 Å². The molecule has 1 heterocycles. The number of hydrogen-bond donors (Lipinski definition) is 1. The Morgan fingerprint density at radius 1 is 1.21 bits per heavy atom. The summed E-state index contributed by atoms with van der Waals surface area (Å²) in [4.78, 5) is 17.1. The Balaban J connectivity index is 1.61. The van der Waals surface area contributed by atoms with Crippen LogP contribution in [0.5, 0.6) is 0 Å². The van der Waals surface area contributed by atoms with Gasteiger partial charge >= 0.3 is 0 Å². The molecule has 0 aliphatic carbocycles. The summed E-state index contributed by atoms with van der Waals surface area (Å²) >= 11 is 12.4. The lowest BCUT2D eigenvalue weighted by Crippen LogP contribution is -2.17. The average molecular weight is 417 g/mol. The molecule has 1 aromatic heterocycles. The minimum atomic E-state index is -0.342. The van der Waals surface area contributed by atoms with Crippen LogP contribution in [0.15, 0.2) is 53.7 Å². The summed E-state index contributed by atoms with van der Waals surface area (Å²) in [6, 6.07) is 14.8. The van der Waals surface area contributed by atoms with E-state index in [1.807, 2.05) is 50.2 Å². The van der Waals surface area contributed by atoms with Gasteiger partial charge in [0.05, 0.1) is 23.2 Å². The number of halogens is 2. The maximum atomic E-state index is 12.0. The summed E-state index contributed by atoms with van der Waals surface area (Å²) < 4.78 is 1.62. The van der Waals surface area contributed by atoms with Crippen LogP contribution in [0.4, 0.5) is 5.69 Å². The third-order valence-corrected chi connectivity index (χ3v) is 4.57. The second-order valence-electron chi connectivity index (χ2n) is 6.05. The fraction of sp³-hybridized carbons (Fsp3) is 0.150. The van der Waals surface area contributed by atoms with Crippen molar-refractivity contribution in [2.24, 2.45) is 5.16 Å². The van der Waals surface area contributed by atoms with E-state index in [4.69, 9.17) is 28.0 Å². The molecule has 0 spiro atoms. The van der Waals surface area contributed by atoms with Crippen molar-refractivity contribution in [3.63, 3.8) is 0 Å². The highest BCUT2D eigenvalue weighted by Gasteiger charge is 2.13. The minimum Gasteiger partial charge on any atom is -0.386 e. The number of amides is 1. The molecular formula is C20H18Cl2N4O2. The first-order valence-corrected chi connectivity index (χ1v) is 9.23. The van der Waals surface area contributed by atoms with Crippen molar-refractivity contribution in [2.45, 2.75) is 13.8 Å². The van der Waals surface area contributed by atoms with E-state index in [9.17, 15) is 4.79 Å². The Kier molecular flexibility index (Phi) is 6.34. The standard InChI is InChI=1S/C20H18Cl2N4O2/c1-13-8-9-15(21)10-18(13)24-19(27)12-28-23-11-17-14(2)25-26(20(17)22)16-6-4-3-5-7-16/h3-11H,12H2,1-2H3,(H,24,27). The Morgan fingerprint density at radius 3 is 2.71 bits per heavy atom. The second-order valence-corrected chi connectivity index (χ2v) is 6.85. The van der Waals surface area contributed by atoms with Gasteiger partial charge in [0.1, 0.15) is 5.15 Å². The first-order valence-electron chi connectivity index (χ1n) is 8.47. The van der Waals surface area contributed by atoms with Crippen molar-refractivity contribution in [3.05, 3.63) is 75.5 Å². The van der Waals surface area contributed by atoms with E-state index in [0.29, 0.717) is 27.1 Å². The maximum absolute atomic E-state index is 12.0. The summed E-state index contributed by atoms with van der Waals surface area (Å²) in [6.07, 6.45) is 1.45. The molecule has 0 saturated carbocycles. The number of aryl methyl sites for hydroxylation is 2. The third-order valence-electron chi connectivity index (χ3n) is 3.97. The number of oxime groups is 1. The Bertz CT molecular complexity index is 1020. The van der Waals surface area contributed by atoms with E-state index in [1.54, 1.807) is 16.8 Å². The van der Waals surface area contributed by atoms with E-state index in [1.165, 1.54) is 6.21 Å². The average Bonchev–Trinajstić information content (AvgIpc) is 2.96. The smallest absolute Gasteiger partial charge is 0.265 e. The monoisotopic (exact) mass is 416 g/mol. The number of rotatable bonds is 6. The largest absolute Gasteiger partial charge is 0.386 e. The molecule has 1 amide bonds. The molecule has 0 aliphatic rings. The molecule has 0 bridgehead atoms. The Labute approximate surface area is 172 Å². The number of aromatic nitrogens is 2. The lowest BCUT2D eigenvalue weighted by atomic mass is 10.2. The van der Waals surface area contributed by atoms with E-state index in [-0.39, 0.29) is 12.5 Å². The number of carbonyl (C=O) groups is 1. The highest BCUT2D eigenvalue weighted by atomic mass is 35.5. The SMILES string of the molecule is Cc1ccc(Cl)cc1NC(=O)CON=Cc1c(C)nn(-c2ccccc2)c1Cl. The summed E-state index contributed by atoms with van der Waals surface area (Å²) in [7, 11) is 0. The fourth-order valence-corrected chi connectivity index (χ4v) is 2.99. The topological polar surface area (TPSA) is 68.5 Å². The van der Waals surface area contributed by atoms with Crippen LogP contribution in [0.1, 0.15) is 16.8 Å². The molecule has 6 nitrogen and oxygen atoms in total. The van der Waals surface area contributed by atoms with Crippen LogP contribution >= 0.6 is 23.2 Å². The highest BCUT2D eigenvalue weighted by Crippen LogP contribution is 2.22. The number of para-hydroxylation sites is 1. The summed E-state index contributed by atoms with van der Waals surface area (Å²) in [5, 5.41) is 11.9. The van der Waals surface area contributed by atoms with Crippen LogP contribution in [0.3, 0.4) is 0 Å². The Morgan fingerprint density at radius 2 is 1.96 bits per heavy atom. The van der Waals surface area contributed by atoms with E-state index in [0.717, 1.165) is 11.3 Å². The van der Waals surface area contributed by atoms with Crippen molar-refractivity contribution in [1.29, 1.82) is 0 Å². The summed E-state index contributed by atoms with van der Waals surface area (Å²) in [6.45, 7) is 3.45. The van der Waals surface area contributed by atoms with Gasteiger partial charge in [-0.05, 0) is 43.7 Å². The summed E-state index contributed by atoms with van der Waals surface area (Å²) in [5.41, 5.74) is 3.69. The van der Waals surface area contributed by atoms with Gasteiger partial charge in [-0.15, -0.1) is 0 Å². The molecule has 0 fully saturated rings. The molecule has 1 N–H and O–H groups in total. The lowest BCUT2D eigenvalue weighted by molar-refractivity contribution is -0.120. The van der Waals surface area contributed by atoms with Gasteiger partial charge in [0, 0.05) is 10.7 Å². The van der Waals surface area contributed by atoms with Gasteiger partial charge in [0.2, 0.25) is 0 Å². The van der Waals surface area contributed by atoms with Gasteiger partial charge in [-0.2, -0.15) is 5.10 Å². The quantitative estimate of drug-likeness (QED) is 0.464. The van der Waals surface area contributed by atoms with Gasteiger partial charge < -0.3 is 10.2 Å². The number of nitrogens with one attached hydrogen (secondary N) is 1. The van der Waals surface area contributed by atoms with Crippen LogP contribution in [0, 0.1) is 13.8 Å². The van der Waals surface area contributed by atoms with Crippen LogP contribution in [0.2, 0.25) is 10.2 Å². The van der Waals surface area contributed by atoms with Crippen LogP contribution in [-0.4, -0.2) is 28.5 Å². The molecule has 28 heavy (non-hydrogen) atoms. The minimum absolute atomic E-state index is 0.244. The van der Waals surface area contributed by atoms with Crippen molar-refractivity contribution in [1.82, 2.24) is 9.78 Å². The number of nitrogens with zero attached hydrogens (tertiary/aromatic N) is 3. The van der Waals surface area contributed by atoms with Crippen molar-refractivity contribution >= 4 is 41.0 Å². The number of carbonyl (C=O) groups excluding carboxylic acids is 1. The molecule has 0 aliphatic heterocycles. The normalized spacial score (nSPS) is 11.0. The zero-order chi connectivity index (χ0) is 20.1. The molecule has 0 radical (unpaired) electrons. The fourth-order valence-electron chi connectivity index (χ4n) is 2.50. The van der Waals surface area contributed by atoms with Crippen molar-refractivity contribution in [2.75, 3.05) is 11.9 Å². The molecule has 2 aromatic carbocycles. The second kappa shape index (κ2) is 8.91.